The minimum absolute atomic E-state index is 0.0655. The Hall–Kier alpha value is -2.14. The average molecular weight is 271 g/mol. The number of nitrogens with one attached hydrogen (secondary N) is 2. The SMILES string of the molecule is Cc1ccsc1CNC(=O)c1ccc2nc[nH]c2c1. The van der Waals surface area contributed by atoms with Crippen LogP contribution in [0.5, 0.6) is 0 Å². The van der Waals surface area contributed by atoms with E-state index in [1.165, 1.54) is 10.4 Å². The summed E-state index contributed by atoms with van der Waals surface area (Å²) in [5, 5.41) is 4.97. The molecule has 3 aromatic rings. The molecule has 0 aliphatic heterocycles. The van der Waals surface area contributed by atoms with E-state index >= 15 is 0 Å². The molecular formula is C14H13N3OS. The van der Waals surface area contributed by atoms with Gasteiger partial charge in [0.1, 0.15) is 0 Å². The number of aromatic amines is 1. The number of imidazole rings is 1. The summed E-state index contributed by atoms with van der Waals surface area (Å²) in [5.41, 5.74) is 3.60. The van der Waals surface area contributed by atoms with Crippen LogP contribution in [0, 0.1) is 6.92 Å². The van der Waals surface area contributed by atoms with Crippen molar-refractivity contribution in [2.45, 2.75) is 13.5 Å². The molecule has 2 heterocycles. The fraction of sp³-hybridized carbons (Fsp3) is 0.143. The van der Waals surface area contributed by atoms with Crippen molar-refractivity contribution in [1.82, 2.24) is 15.3 Å². The number of rotatable bonds is 3. The van der Waals surface area contributed by atoms with E-state index < -0.39 is 0 Å². The first-order valence-electron chi connectivity index (χ1n) is 5.98. The summed E-state index contributed by atoms with van der Waals surface area (Å²) in [7, 11) is 0. The van der Waals surface area contributed by atoms with Crippen molar-refractivity contribution in [1.29, 1.82) is 0 Å². The Morgan fingerprint density at radius 3 is 3.11 bits per heavy atom. The molecule has 2 aromatic heterocycles. The van der Waals surface area contributed by atoms with Crippen LogP contribution in [0.25, 0.3) is 11.0 Å². The molecule has 0 saturated carbocycles. The van der Waals surface area contributed by atoms with Gasteiger partial charge in [0.05, 0.1) is 23.9 Å². The Kier molecular flexibility index (Phi) is 3.05. The van der Waals surface area contributed by atoms with E-state index in [1.54, 1.807) is 23.7 Å². The highest BCUT2D eigenvalue weighted by Gasteiger charge is 2.08. The third-order valence-electron chi connectivity index (χ3n) is 3.06. The molecule has 0 aliphatic rings. The lowest BCUT2D eigenvalue weighted by Gasteiger charge is -2.04. The van der Waals surface area contributed by atoms with E-state index in [1.807, 2.05) is 17.5 Å². The Morgan fingerprint density at radius 2 is 2.32 bits per heavy atom. The zero-order chi connectivity index (χ0) is 13.2. The first kappa shape index (κ1) is 11.9. The Bertz CT molecular complexity index is 729. The summed E-state index contributed by atoms with van der Waals surface area (Å²) >= 11 is 1.66. The minimum Gasteiger partial charge on any atom is -0.347 e. The normalized spacial score (nSPS) is 10.8. The van der Waals surface area contributed by atoms with E-state index in [-0.39, 0.29) is 5.91 Å². The van der Waals surface area contributed by atoms with E-state index in [0.29, 0.717) is 12.1 Å². The standard InChI is InChI=1S/C14H13N3OS/c1-9-4-5-19-13(9)7-15-14(18)10-2-3-11-12(6-10)17-8-16-11/h2-6,8H,7H2,1H3,(H,15,18)(H,16,17). The van der Waals surface area contributed by atoms with Crippen LogP contribution in [0.2, 0.25) is 0 Å². The van der Waals surface area contributed by atoms with Gasteiger partial charge < -0.3 is 10.3 Å². The molecule has 0 bridgehead atoms. The van der Waals surface area contributed by atoms with Crippen molar-refractivity contribution < 1.29 is 4.79 Å². The van der Waals surface area contributed by atoms with Gasteiger partial charge in [-0.2, -0.15) is 0 Å². The predicted octanol–water partition coefficient (Wildman–Crippen LogP) is 2.86. The third-order valence-corrected chi connectivity index (χ3v) is 4.08. The smallest absolute Gasteiger partial charge is 0.251 e. The molecule has 19 heavy (non-hydrogen) atoms. The lowest BCUT2D eigenvalue weighted by atomic mass is 10.2. The molecule has 0 saturated heterocycles. The number of aryl methyl sites for hydroxylation is 1. The zero-order valence-electron chi connectivity index (χ0n) is 10.4. The summed E-state index contributed by atoms with van der Waals surface area (Å²) in [6, 6.07) is 7.51. The van der Waals surface area contributed by atoms with Gasteiger partial charge in [-0.25, -0.2) is 4.98 Å². The highest BCUT2D eigenvalue weighted by molar-refractivity contribution is 7.10. The second-order valence-electron chi connectivity index (χ2n) is 4.34. The molecule has 96 valence electrons. The minimum atomic E-state index is -0.0655. The third kappa shape index (κ3) is 2.37. The van der Waals surface area contributed by atoms with Crippen LogP contribution in [0.3, 0.4) is 0 Å². The second-order valence-corrected chi connectivity index (χ2v) is 5.34. The van der Waals surface area contributed by atoms with Crippen LogP contribution in [0.15, 0.2) is 36.0 Å². The molecule has 0 fully saturated rings. The van der Waals surface area contributed by atoms with Gasteiger partial charge in [-0.05, 0) is 42.1 Å². The molecule has 4 nitrogen and oxygen atoms in total. The number of aromatic nitrogens is 2. The molecule has 1 aromatic carbocycles. The number of H-pyrrole nitrogens is 1. The summed E-state index contributed by atoms with van der Waals surface area (Å²) in [6.45, 7) is 2.62. The molecule has 0 unspecified atom stereocenters. The maximum atomic E-state index is 12.1. The average Bonchev–Trinajstić information content (AvgIpc) is 3.03. The molecule has 0 aliphatic carbocycles. The number of carbonyl (C=O) groups excluding carboxylic acids is 1. The Balaban J connectivity index is 1.74. The number of hydrogen-bond donors (Lipinski definition) is 2. The van der Waals surface area contributed by atoms with Crippen LogP contribution >= 0.6 is 11.3 Å². The monoisotopic (exact) mass is 271 g/mol. The van der Waals surface area contributed by atoms with Gasteiger partial charge in [0, 0.05) is 10.4 Å². The fourth-order valence-corrected chi connectivity index (χ4v) is 2.77. The number of hydrogen-bond acceptors (Lipinski definition) is 3. The van der Waals surface area contributed by atoms with Crippen LogP contribution in [-0.2, 0) is 6.54 Å². The maximum Gasteiger partial charge on any atom is 0.251 e. The molecule has 3 rings (SSSR count). The molecule has 5 heteroatoms. The van der Waals surface area contributed by atoms with Crippen LogP contribution < -0.4 is 5.32 Å². The van der Waals surface area contributed by atoms with Gasteiger partial charge in [-0.1, -0.05) is 0 Å². The number of amides is 1. The van der Waals surface area contributed by atoms with Crippen LogP contribution in [0.4, 0.5) is 0 Å². The summed E-state index contributed by atoms with van der Waals surface area (Å²) in [4.78, 5) is 20.4. The van der Waals surface area contributed by atoms with Gasteiger partial charge in [-0.15, -0.1) is 11.3 Å². The molecule has 0 atom stereocenters. The van der Waals surface area contributed by atoms with Gasteiger partial charge in [-0.3, -0.25) is 4.79 Å². The number of fused-ring (bicyclic) bond motifs is 1. The van der Waals surface area contributed by atoms with Crippen molar-refractivity contribution in [3.63, 3.8) is 0 Å². The number of benzene rings is 1. The topological polar surface area (TPSA) is 57.8 Å². The molecule has 1 amide bonds. The maximum absolute atomic E-state index is 12.1. The molecule has 0 spiro atoms. The fourth-order valence-electron chi connectivity index (χ4n) is 1.92. The lowest BCUT2D eigenvalue weighted by molar-refractivity contribution is 0.0951. The first-order chi connectivity index (χ1) is 9.24. The van der Waals surface area contributed by atoms with Crippen molar-refractivity contribution in [3.8, 4) is 0 Å². The quantitative estimate of drug-likeness (QED) is 0.769. The van der Waals surface area contributed by atoms with E-state index in [4.69, 9.17) is 0 Å². The summed E-state index contributed by atoms with van der Waals surface area (Å²) in [5.74, 6) is -0.0655. The summed E-state index contributed by atoms with van der Waals surface area (Å²) in [6.07, 6.45) is 1.63. The van der Waals surface area contributed by atoms with E-state index in [9.17, 15) is 4.79 Å². The number of thiophene rings is 1. The van der Waals surface area contributed by atoms with Gasteiger partial charge in [0.15, 0.2) is 0 Å². The van der Waals surface area contributed by atoms with Crippen molar-refractivity contribution in [2.75, 3.05) is 0 Å². The largest absolute Gasteiger partial charge is 0.347 e. The molecule has 2 N–H and O–H groups in total. The Labute approximate surface area is 114 Å². The van der Waals surface area contributed by atoms with E-state index in [0.717, 1.165) is 11.0 Å². The van der Waals surface area contributed by atoms with Crippen molar-refractivity contribution in [2.24, 2.45) is 0 Å². The van der Waals surface area contributed by atoms with Crippen LogP contribution in [-0.4, -0.2) is 15.9 Å². The molecular weight excluding hydrogens is 258 g/mol. The van der Waals surface area contributed by atoms with Gasteiger partial charge in [0.2, 0.25) is 0 Å². The summed E-state index contributed by atoms with van der Waals surface area (Å²) < 4.78 is 0. The number of carbonyl (C=O) groups is 1. The first-order valence-corrected chi connectivity index (χ1v) is 6.86. The van der Waals surface area contributed by atoms with E-state index in [2.05, 4.69) is 28.3 Å². The van der Waals surface area contributed by atoms with Gasteiger partial charge in [0.25, 0.3) is 5.91 Å². The van der Waals surface area contributed by atoms with Crippen molar-refractivity contribution >= 4 is 28.3 Å². The Morgan fingerprint density at radius 1 is 1.42 bits per heavy atom. The zero-order valence-corrected chi connectivity index (χ0v) is 11.3. The van der Waals surface area contributed by atoms with Crippen molar-refractivity contribution in [3.05, 3.63) is 52.0 Å². The molecule has 0 radical (unpaired) electrons. The second kappa shape index (κ2) is 4.85. The lowest BCUT2D eigenvalue weighted by Crippen LogP contribution is -2.22. The van der Waals surface area contributed by atoms with Crippen LogP contribution in [0.1, 0.15) is 20.8 Å². The van der Waals surface area contributed by atoms with Gasteiger partial charge >= 0.3 is 0 Å². The highest BCUT2D eigenvalue weighted by atomic mass is 32.1. The number of nitrogens with zero attached hydrogens (tertiary/aromatic N) is 1. The highest BCUT2D eigenvalue weighted by Crippen LogP contribution is 2.16. The predicted molar refractivity (Wildman–Crippen MR) is 76.3 cm³/mol.